The van der Waals surface area contributed by atoms with Crippen molar-refractivity contribution in [1.29, 1.82) is 0 Å². The van der Waals surface area contributed by atoms with Gasteiger partial charge in [0.25, 0.3) is 5.91 Å². The lowest BCUT2D eigenvalue weighted by Gasteiger charge is -2.21. The third-order valence-electron chi connectivity index (χ3n) is 3.69. The Labute approximate surface area is 166 Å². The highest BCUT2D eigenvalue weighted by atomic mass is 35.5. The number of carbonyl (C=O) groups is 1. The smallest absolute Gasteiger partial charge is 0.251 e. The molecule has 0 saturated carbocycles. The minimum absolute atomic E-state index is 0.0763. The lowest BCUT2D eigenvalue weighted by molar-refractivity contribution is 0.0953. The van der Waals surface area contributed by atoms with Gasteiger partial charge in [-0.2, -0.15) is 0 Å². The van der Waals surface area contributed by atoms with E-state index < -0.39 is 15.6 Å². The van der Waals surface area contributed by atoms with Crippen molar-refractivity contribution in [2.24, 2.45) is 0 Å². The molecule has 146 valence electrons. The van der Waals surface area contributed by atoms with Gasteiger partial charge >= 0.3 is 0 Å². The van der Waals surface area contributed by atoms with E-state index in [2.05, 4.69) is 10.0 Å². The van der Waals surface area contributed by atoms with Gasteiger partial charge in [-0.3, -0.25) is 4.79 Å². The fraction of sp³-hybridized carbons (Fsp3) is 0.350. The molecule has 0 aliphatic rings. The number of rotatable bonds is 7. The molecule has 0 unspecified atom stereocenters. The van der Waals surface area contributed by atoms with E-state index in [0.717, 1.165) is 12.8 Å². The summed E-state index contributed by atoms with van der Waals surface area (Å²) < 4.78 is 27.6. The van der Waals surface area contributed by atoms with E-state index in [1.807, 2.05) is 30.3 Å². The zero-order chi connectivity index (χ0) is 20.1. The largest absolute Gasteiger partial charge is 0.352 e. The second kappa shape index (κ2) is 8.87. The van der Waals surface area contributed by atoms with Crippen LogP contribution in [-0.2, 0) is 16.4 Å². The molecule has 0 radical (unpaired) electrons. The van der Waals surface area contributed by atoms with Crippen LogP contribution in [0.5, 0.6) is 0 Å². The lowest BCUT2D eigenvalue weighted by Crippen LogP contribution is -2.40. The highest BCUT2D eigenvalue weighted by molar-refractivity contribution is 7.89. The van der Waals surface area contributed by atoms with Crippen molar-refractivity contribution in [3.8, 4) is 0 Å². The van der Waals surface area contributed by atoms with Gasteiger partial charge in [-0.1, -0.05) is 41.9 Å². The topological polar surface area (TPSA) is 75.3 Å². The van der Waals surface area contributed by atoms with Crippen LogP contribution in [0.3, 0.4) is 0 Å². The molecule has 2 aromatic rings. The van der Waals surface area contributed by atoms with E-state index in [-0.39, 0.29) is 21.4 Å². The Morgan fingerprint density at radius 1 is 1.07 bits per heavy atom. The number of amides is 1. The summed E-state index contributed by atoms with van der Waals surface area (Å²) in [5, 5.41) is 2.89. The van der Waals surface area contributed by atoms with Gasteiger partial charge in [-0.15, -0.1) is 0 Å². The molecular weight excluding hydrogens is 384 g/mol. The zero-order valence-electron chi connectivity index (χ0n) is 15.8. The van der Waals surface area contributed by atoms with Crippen LogP contribution in [0.2, 0.25) is 5.02 Å². The minimum Gasteiger partial charge on any atom is -0.352 e. The molecule has 0 spiro atoms. The molecule has 0 bridgehead atoms. The van der Waals surface area contributed by atoms with Gasteiger partial charge in [-0.25, -0.2) is 13.1 Å². The number of hydrogen-bond acceptors (Lipinski definition) is 3. The summed E-state index contributed by atoms with van der Waals surface area (Å²) in [6.07, 6.45) is 1.65. The summed E-state index contributed by atoms with van der Waals surface area (Å²) in [6, 6.07) is 14.3. The molecule has 0 fully saturated rings. The predicted molar refractivity (Wildman–Crippen MR) is 109 cm³/mol. The van der Waals surface area contributed by atoms with Gasteiger partial charge < -0.3 is 5.32 Å². The maximum Gasteiger partial charge on any atom is 0.251 e. The van der Waals surface area contributed by atoms with Crippen LogP contribution in [0.15, 0.2) is 53.4 Å². The van der Waals surface area contributed by atoms with Gasteiger partial charge in [0.05, 0.1) is 5.02 Å². The van der Waals surface area contributed by atoms with Gasteiger partial charge in [0.2, 0.25) is 10.0 Å². The van der Waals surface area contributed by atoms with Crippen molar-refractivity contribution in [3.05, 3.63) is 64.7 Å². The molecule has 0 saturated heterocycles. The molecular formula is C20H25ClN2O3S. The van der Waals surface area contributed by atoms with Crippen LogP contribution < -0.4 is 10.0 Å². The van der Waals surface area contributed by atoms with Crippen LogP contribution in [0.1, 0.15) is 43.1 Å². The van der Waals surface area contributed by atoms with Crippen molar-refractivity contribution in [2.45, 2.75) is 44.0 Å². The van der Waals surface area contributed by atoms with E-state index in [0.29, 0.717) is 6.54 Å². The molecule has 1 amide bonds. The predicted octanol–water partition coefficient (Wildman–Crippen LogP) is 3.78. The van der Waals surface area contributed by atoms with E-state index >= 15 is 0 Å². The van der Waals surface area contributed by atoms with Crippen LogP contribution in [0, 0.1) is 0 Å². The molecule has 0 aromatic heterocycles. The second-order valence-electron chi connectivity index (χ2n) is 7.35. The summed E-state index contributed by atoms with van der Waals surface area (Å²) in [6.45, 7) is 5.71. The van der Waals surface area contributed by atoms with Crippen molar-refractivity contribution in [1.82, 2.24) is 10.0 Å². The van der Waals surface area contributed by atoms with Crippen LogP contribution >= 0.6 is 11.6 Å². The number of hydrogen-bond donors (Lipinski definition) is 2. The molecule has 7 heteroatoms. The first kappa shape index (κ1) is 21.4. The molecule has 2 rings (SSSR count). The Hall–Kier alpha value is -1.89. The Morgan fingerprint density at radius 3 is 2.37 bits per heavy atom. The minimum atomic E-state index is -3.83. The third kappa shape index (κ3) is 6.65. The number of sulfonamides is 1. The first-order chi connectivity index (χ1) is 12.6. The van der Waals surface area contributed by atoms with E-state index in [4.69, 9.17) is 11.6 Å². The van der Waals surface area contributed by atoms with Crippen molar-refractivity contribution in [2.75, 3.05) is 6.54 Å². The first-order valence-corrected chi connectivity index (χ1v) is 10.6. The summed E-state index contributed by atoms with van der Waals surface area (Å²) >= 11 is 6.06. The Bertz CT molecular complexity index is 891. The SMILES string of the molecule is CC(C)(C)NS(=O)(=O)c1cc(C(=O)NCCCc2ccccc2)ccc1Cl. The summed E-state index contributed by atoms with van der Waals surface area (Å²) in [5.74, 6) is -0.327. The summed E-state index contributed by atoms with van der Waals surface area (Å²) in [5.41, 5.74) is 0.811. The average Bonchev–Trinajstić information content (AvgIpc) is 2.57. The van der Waals surface area contributed by atoms with Crippen LogP contribution in [0.25, 0.3) is 0 Å². The number of benzene rings is 2. The van der Waals surface area contributed by atoms with Crippen molar-refractivity contribution >= 4 is 27.5 Å². The van der Waals surface area contributed by atoms with Gasteiger partial charge in [0.1, 0.15) is 4.90 Å². The molecule has 5 nitrogen and oxygen atoms in total. The van der Waals surface area contributed by atoms with Crippen LogP contribution in [0.4, 0.5) is 0 Å². The highest BCUT2D eigenvalue weighted by Gasteiger charge is 2.25. The number of aryl methyl sites for hydroxylation is 1. The van der Waals surface area contributed by atoms with E-state index in [9.17, 15) is 13.2 Å². The molecule has 0 aliphatic heterocycles. The maximum atomic E-state index is 12.5. The lowest BCUT2D eigenvalue weighted by atomic mass is 10.1. The quantitative estimate of drug-likeness (QED) is 0.684. The Balaban J connectivity index is 2.02. The molecule has 2 aromatic carbocycles. The summed E-state index contributed by atoms with van der Waals surface area (Å²) in [7, 11) is -3.83. The van der Waals surface area contributed by atoms with Gasteiger partial charge in [-0.05, 0) is 57.4 Å². The fourth-order valence-corrected chi connectivity index (χ4v) is 4.50. The molecule has 27 heavy (non-hydrogen) atoms. The second-order valence-corrected chi connectivity index (χ2v) is 9.40. The monoisotopic (exact) mass is 408 g/mol. The number of carbonyl (C=O) groups excluding carboxylic acids is 1. The third-order valence-corrected chi connectivity index (χ3v) is 5.93. The molecule has 0 atom stereocenters. The van der Waals surface area contributed by atoms with Gasteiger partial charge in [0.15, 0.2) is 0 Å². The van der Waals surface area contributed by atoms with Gasteiger partial charge in [0, 0.05) is 17.6 Å². The van der Waals surface area contributed by atoms with Crippen molar-refractivity contribution in [3.63, 3.8) is 0 Å². The molecule has 2 N–H and O–H groups in total. The van der Waals surface area contributed by atoms with Crippen molar-refractivity contribution < 1.29 is 13.2 Å². The average molecular weight is 409 g/mol. The van der Waals surface area contributed by atoms with E-state index in [1.165, 1.54) is 23.8 Å². The summed E-state index contributed by atoms with van der Waals surface area (Å²) in [4.78, 5) is 12.3. The number of halogens is 1. The van der Waals surface area contributed by atoms with Crippen LogP contribution in [-0.4, -0.2) is 26.4 Å². The number of nitrogens with one attached hydrogen (secondary N) is 2. The molecule has 0 aliphatic carbocycles. The maximum absolute atomic E-state index is 12.5. The van der Waals surface area contributed by atoms with E-state index in [1.54, 1.807) is 20.8 Å². The molecule has 0 heterocycles. The zero-order valence-corrected chi connectivity index (χ0v) is 17.3. The first-order valence-electron chi connectivity index (χ1n) is 8.74. The standard InChI is InChI=1S/C20H25ClN2O3S/c1-20(2,3)23-27(25,26)18-14-16(11-12-17(18)21)19(24)22-13-7-10-15-8-5-4-6-9-15/h4-6,8-9,11-12,14,23H,7,10,13H2,1-3H3,(H,22,24). The Morgan fingerprint density at radius 2 is 1.74 bits per heavy atom. The Kier molecular flexibility index (Phi) is 7.03. The normalized spacial score (nSPS) is 12.0. The highest BCUT2D eigenvalue weighted by Crippen LogP contribution is 2.24. The fourth-order valence-electron chi connectivity index (χ4n) is 2.55.